The van der Waals surface area contributed by atoms with Gasteiger partial charge in [-0.25, -0.2) is 0 Å². The summed E-state index contributed by atoms with van der Waals surface area (Å²) in [6, 6.07) is 0. The highest BCUT2D eigenvalue weighted by molar-refractivity contribution is 7.86. The summed E-state index contributed by atoms with van der Waals surface area (Å²) in [5, 5.41) is 0. The fraction of sp³-hybridized carbons (Fsp3) is 0.818. The molecule has 2 aliphatic rings. The van der Waals surface area contributed by atoms with Gasteiger partial charge >= 0.3 is 0 Å². The molecule has 0 heterocycles. The quantitative estimate of drug-likeness (QED) is 0.529. The standard InChI is InChI=1S/C11H18O6S2/c1-18(12,13)16-6-10-8-3-4-9(5-8)11(10)7-17-19(2,14)15/h8-9H,3-7H2,1-2H3. The molecule has 0 N–H and O–H groups in total. The first-order valence-electron chi connectivity index (χ1n) is 6.06. The lowest BCUT2D eigenvalue weighted by molar-refractivity contribution is 0.319. The van der Waals surface area contributed by atoms with Crippen molar-refractivity contribution in [3.8, 4) is 0 Å². The highest BCUT2D eigenvalue weighted by Gasteiger charge is 2.39. The van der Waals surface area contributed by atoms with Crippen LogP contribution in [0, 0.1) is 11.8 Å². The molecule has 0 radical (unpaired) electrons. The summed E-state index contributed by atoms with van der Waals surface area (Å²) < 4.78 is 53.9. The summed E-state index contributed by atoms with van der Waals surface area (Å²) in [7, 11) is -6.98. The van der Waals surface area contributed by atoms with E-state index in [0.29, 0.717) is 11.8 Å². The van der Waals surface area contributed by atoms with Crippen LogP contribution < -0.4 is 0 Å². The molecule has 2 rings (SSSR count). The van der Waals surface area contributed by atoms with E-state index in [9.17, 15) is 16.8 Å². The summed E-state index contributed by atoms with van der Waals surface area (Å²) in [4.78, 5) is 0. The van der Waals surface area contributed by atoms with E-state index < -0.39 is 20.2 Å². The molecule has 1 fully saturated rings. The lowest BCUT2D eigenvalue weighted by Crippen LogP contribution is -2.16. The molecular weight excluding hydrogens is 292 g/mol. The van der Waals surface area contributed by atoms with Crippen LogP contribution in [0.3, 0.4) is 0 Å². The van der Waals surface area contributed by atoms with Crippen molar-refractivity contribution in [1.29, 1.82) is 0 Å². The molecule has 0 spiro atoms. The third-order valence-corrected chi connectivity index (χ3v) is 4.78. The van der Waals surface area contributed by atoms with E-state index in [2.05, 4.69) is 0 Å². The Labute approximate surface area is 114 Å². The summed E-state index contributed by atoms with van der Waals surface area (Å²) in [6.45, 7) is 0.0326. The molecule has 6 nitrogen and oxygen atoms in total. The van der Waals surface area contributed by atoms with Gasteiger partial charge in [-0.15, -0.1) is 0 Å². The Morgan fingerprint density at radius 3 is 1.58 bits per heavy atom. The van der Waals surface area contributed by atoms with Gasteiger partial charge in [0, 0.05) is 0 Å². The third-order valence-electron chi connectivity index (χ3n) is 3.69. The van der Waals surface area contributed by atoms with Gasteiger partial charge in [0.2, 0.25) is 0 Å². The average Bonchev–Trinajstić information content (AvgIpc) is 2.81. The molecule has 8 heteroatoms. The minimum atomic E-state index is -3.49. The molecule has 0 aromatic carbocycles. The van der Waals surface area contributed by atoms with Crippen LogP contribution in [0.2, 0.25) is 0 Å². The normalized spacial score (nSPS) is 27.3. The molecule has 2 unspecified atom stereocenters. The number of hydrogen-bond donors (Lipinski definition) is 0. The predicted molar refractivity (Wildman–Crippen MR) is 69.4 cm³/mol. The van der Waals surface area contributed by atoms with Crippen molar-refractivity contribution in [2.24, 2.45) is 11.8 Å². The van der Waals surface area contributed by atoms with Crippen molar-refractivity contribution in [3.63, 3.8) is 0 Å². The van der Waals surface area contributed by atoms with Crippen molar-refractivity contribution in [2.45, 2.75) is 19.3 Å². The average molecular weight is 310 g/mol. The minimum absolute atomic E-state index is 0.0163. The molecule has 2 aliphatic carbocycles. The molecule has 1 saturated carbocycles. The van der Waals surface area contributed by atoms with E-state index in [1.54, 1.807) is 0 Å². The predicted octanol–water partition coefficient (Wildman–Crippen LogP) is 0.665. The van der Waals surface area contributed by atoms with Crippen LogP contribution in [0.25, 0.3) is 0 Å². The monoisotopic (exact) mass is 310 g/mol. The van der Waals surface area contributed by atoms with Gasteiger partial charge < -0.3 is 0 Å². The maximum Gasteiger partial charge on any atom is 0.264 e. The lowest BCUT2D eigenvalue weighted by Gasteiger charge is -2.19. The van der Waals surface area contributed by atoms with Crippen LogP contribution in [0.1, 0.15) is 19.3 Å². The lowest BCUT2D eigenvalue weighted by atomic mass is 9.93. The van der Waals surface area contributed by atoms with Gasteiger partial charge in [-0.3, -0.25) is 8.37 Å². The van der Waals surface area contributed by atoms with Crippen molar-refractivity contribution in [3.05, 3.63) is 11.1 Å². The Morgan fingerprint density at radius 1 is 0.895 bits per heavy atom. The van der Waals surface area contributed by atoms with Gasteiger partial charge in [-0.05, 0) is 42.2 Å². The number of fused-ring (bicyclic) bond motifs is 2. The van der Waals surface area contributed by atoms with E-state index in [0.717, 1.165) is 42.9 Å². The van der Waals surface area contributed by atoms with Gasteiger partial charge in [0.15, 0.2) is 0 Å². The first-order chi connectivity index (χ1) is 8.66. The van der Waals surface area contributed by atoms with E-state index in [1.807, 2.05) is 0 Å². The maximum absolute atomic E-state index is 11.0. The summed E-state index contributed by atoms with van der Waals surface area (Å²) in [5.74, 6) is 0.620. The summed E-state index contributed by atoms with van der Waals surface area (Å²) in [5.41, 5.74) is 1.82. The summed E-state index contributed by atoms with van der Waals surface area (Å²) >= 11 is 0. The molecule has 110 valence electrons. The van der Waals surface area contributed by atoms with Crippen molar-refractivity contribution in [1.82, 2.24) is 0 Å². The van der Waals surface area contributed by atoms with Crippen LogP contribution in [0.4, 0.5) is 0 Å². The first-order valence-corrected chi connectivity index (χ1v) is 9.69. The van der Waals surface area contributed by atoms with Crippen LogP contribution >= 0.6 is 0 Å². The Balaban J connectivity index is 2.12. The van der Waals surface area contributed by atoms with Crippen molar-refractivity contribution in [2.75, 3.05) is 25.7 Å². The van der Waals surface area contributed by atoms with Gasteiger partial charge in [0.25, 0.3) is 20.2 Å². The van der Waals surface area contributed by atoms with E-state index >= 15 is 0 Å². The van der Waals surface area contributed by atoms with E-state index in [1.165, 1.54) is 0 Å². The zero-order valence-electron chi connectivity index (χ0n) is 11.0. The van der Waals surface area contributed by atoms with Crippen LogP contribution in [-0.2, 0) is 28.6 Å². The smallest absolute Gasteiger partial charge is 0.264 e. The Hall–Kier alpha value is -0.440. The second-order valence-electron chi connectivity index (χ2n) is 5.19. The second kappa shape index (κ2) is 5.16. The van der Waals surface area contributed by atoms with Gasteiger partial charge in [-0.1, -0.05) is 0 Å². The largest absolute Gasteiger partial charge is 0.266 e. The van der Waals surface area contributed by atoms with Gasteiger partial charge in [0.1, 0.15) is 0 Å². The highest BCUT2D eigenvalue weighted by Crippen LogP contribution is 2.48. The van der Waals surface area contributed by atoms with Gasteiger partial charge in [-0.2, -0.15) is 16.8 Å². The van der Waals surface area contributed by atoms with E-state index in [4.69, 9.17) is 8.37 Å². The van der Waals surface area contributed by atoms with Crippen molar-refractivity contribution >= 4 is 20.2 Å². The molecule has 2 atom stereocenters. The number of rotatable bonds is 6. The molecular formula is C11H18O6S2. The third kappa shape index (κ3) is 4.01. The minimum Gasteiger partial charge on any atom is -0.266 e. The van der Waals surface area contributed by atoms with Crippen molar-refractivity contribution < 1.29 is 25.2 Å². The number of hydrogen-bond acceptors (Lipinski definition) is 6. The Morgan fingerprint density at radius 2 is 1.26 bits per heavy atom. The molecule has 0 amide bonds. The Kier molecular flexibility index (Phi) is 4.06. The molecule has 0 aromatic rings. The topological polar surface area (TPSA) is 86.7 Å². The van der Waals surface area contributed by atoms with Crippen LogP contribution in [0.5, 0.6) is 0 Å². The molecule has 2 bridgehead atoms. The molecule has 0 saturated heterocycles. The summed E-state index contributed by atoms with van der Waals surface area (Å²) in [6.07, 6.45) is 4.98. The molecule has 0 aliphatic heterocycles. The maximum atomic E-state index is 11.0. The zero-order chi connectivity index (χ0) is 14.3. The van der Waals surface area contributed by atoms with E-state index in [-0.39, 0.29) is 13.2 Å². The fourth-order valence-corrected chi connectivity index (χ4v) is 3.58. The first kappa shape index (κ1) is 15.0. The molecule has 0 aromatic heterocycles. The van der Waals surface area contributed by atoms with Crippen LogP contribution in [-0.4, -0.2) is 42.6 Å². The fourth-order valence-electron chi connectivity index (χ4n) is 2.90. The zero-order valence-corrected chi connectivity index (χ0v) is 12.6. The van der Waals surface area contributed by atoms with Gasteiger partial charge in [0.05, 0.1) is 25.7 Å². The Bertz CT molecular complexity index is 535. The van der Waals surface area contributed by atoms with Crippen LogP contribution in [0.15, 0.2) is 11.1 Å². The highest BCUT2D eigenvalue weighted by atomic mass is 32.2. The molecule has 19 heavy (non-hydrogen) atoms. The SMILES string of the molecule is CS(=O)(=O)OCC1=C(COS(C)(=O)=O)C2CCC1C2. The second-order valence-corrected chi connectivity index (χ2v) is 8.48.